The van der Waals surface area contributed by atoms with E-state index in [2.05, 4.69) is 15.0 Å². The summed E-state index contributed by atoms with van der Waals surface area (Å²) in [5.74, 6) is 0.628. The van der Waals surface area contributed by atoms with Crippen LogP contribution in [0, 0.1) is 0 Å². The lowest BCUT2D eigenvalue weighted by atomic mass is 10.2. The largest absolute Gasteiger partial charge is 0.489 e. The van der Waals surface area contributed by atoms with E-state index < -0.39 is 10.0 Å². The fourth-order valence-electron chi connectivity index (χ4n) is 3.02. The van der Waals surface area contributed by atoms with E-state index in [1.165, 1.54) is 24.7 Å². The number of anilines is 1. The summed E-state index contributed by atoms with van der Waals surface area (Å²) in [6.45, 7) is 3.86. The third kappa shape index (κ3) is 4.41. The number of hydrogen-bond acceptors (Lipinski definition) is 8. The SMILES string of the molecule is CC(C)Oc1ccc(-c2nc(N)sc2-c2ncccc2S(=O)(=O)N2C=CC=CC=C2)nc1. The summed E-state index contributed by atoms with van der Waals surface area (Å²) >= 11 is 1.16. The van der Waals surface area contributed by atoms with Crippen LogP contribution in [0.2, 0.25) is 0 Å². The van der Waals surface area contributed by atoms with Gasteiger partial charge in [-0.15, -0.1) is 0 Å². The highest BCUT2D eigenvalue weighted by Crippen LogP contribution is 2.40. The first-order valence-corrected chi connectivity index (χ1v) is 12.0. The van der Waals surface area contributed by atoms with Gasteiger partial charge in [-0.1, -0.05) is 23.5 Å². The molecule has 4 heterocycles. The van der Waals surface area contributed by atoms with Crippen molar-refractivity contribution in [3.8, 4) is 27.7 Å². The first-order valence-electron chi connectivity index (χ1n) is 9.76. The van der Waals surface area contributed by atoms with E-state index in [9.17, 15) is 8.42 Å². The lowest BCUT2D eigenvalue weighted by Gasteiger charge is -2.17. The summed E-state index contributed by atoms with van der Waals surface area (Å²) in [7, 11) is -3.92. The molecule has 0 radical (unpaired) electrons. The first kappa shape index (κ1) is 21.7. The average Bonchev–Trinajstić information content (AvgIpc) is 2.97. The van der Waals surface area contributed by atoms with Gasteiger partial charge < -0.3 is 10.5 Å². The molecule has 0 aliphatic carbocycles. The molecule has 0 unspecified atom stereocenters. The number of hydrogen-bond donors (Lipinski definition) is 1. The topological polar surface area (TPSA) is 111 Å². The Morgan fingerprint density at radius 2 is 1.78 bits per heavy atom. The minimum Gasteiger partial charge on any atom is -0.489 e. The van der Waals surface area contributed by atoms with E-state index in [4.69, 9.17) is 10.5 Å². The van der Waals surface area contributed by atoms with Crippen LogP contribution >= 0.6 is 11.3 Å². The van der Waals surface area contributed by atoms with Crippen LogP contribution in [0.5, 0.6) is 5.75 Å². The van der Waals surface area contributed by atoms with Crippen LogP contribution in [0.15, 0.2) is 78.3 Å². The molecule has 164 valence electrons. The van der Waals surface area contributed by atoms with Gasteiger partial charge in [-0.2, -0.15) is 0 Å². The van der Waals surface area contributed by atoms with E-state index in [0.717, 1.165) is 15.6 Å². The summed E-state index contributed by atoms with van der Waals surface area (Å²) in [6, 6.07) is 6.65. The maximum atomic E-state index is 13.4. The van der Waals surface area contributed by atoms with E-state index in [1.807, 2.05) is 13.8 Å². The number of sulfonamides is 1. The van der Waals surface area contributed by atoms with Gasteiger partial charge in [0.2, 0.25) is 0 Å². The molecule has 8 nitrogen and oxygen atoms in total. The van der Waals surface area contributed by atoms with Crippen LogP contribution in [0.25, 0.3) is 22.0 Å². The van der Waals surface area contributed by atoms with Crippen molar-refractivity contribution >= 4 is 26.5 Å². The lowest BCUT2D eigenvalue weighted by molar-refractivity contribution is 0.241. The normalized spacial score (nSPS) is 13.5. The Morgan fingerprint density at radius 1 is 1.03 bits per heavy atom. The van der Waals surface area contributed by atoms with E-state index in [1.54, 1.807) is 48.7 Å². The zero-order chi connectivity index (χ0) is 22.7. The number of allylic oxidation sites excluding steroid dienone is 4. The van der Waals surface area contributed by atoms with Crippen molar-refractivity contribution in [2.24, 2.45) is 0 Å². The quantitative estimate of drug-likeness (QED) is 0.577. The summed E-state index contributed by atoms with van der Waals surface area (Å²) in [6.07, 6.45) is 12.9. The highest BCUT2D eigenvalue weighted by molar-refractivity contribution is 7.89. The van der Waals surface area contributed by atoms with E-state index in [0.29, 0.717) is 22.0 Å². The third-order valence-electron chi connectivity index (χ3n) is 4.33. The molecule has 0 atom stereocenters. The minimum absolute atomic E-state index is 0.0201. The number of nitrogens with two attached hydrogens (primary N) is 1. The van der Waals surface area contributed by atoms with Gasteiger partial charge in [-0.05, 0) is 50.3 Å². The molecule has 0 saturated carbocycles. The van der Waals surface area contributed by atoms with Crippen LogP contribution in [0.1, 0.15) is 13.8 Å². The number of thiazole rings is 1. The fraction of sp³-hybridized carbons (Fsp3) is 0.136. The highest BCUT2D eigenvalue weighted by Gasteiger charge is 2.28. The molecule has 10 heteroatoms. The maximum Gasteiger partial charge on any atom is 0.269 e. The van der Waals surface area contributed by atoms with Gasteiger partial charge in [-0.25, -0.2) is 17.7 Å². The molecule has 1 aliphatic heterocycles. The van der Waals surface area contributed by atoms with Gasteiger partial charge in [-0.3, -0.25) is 9.97 Å². The number of pyridine rings is 2. The van der Waals surface area contributed by atoms with Gasteiger partial charge in [0.1, 0.15) is 22.0 Å². The Morgan fingerprint density at radius 3 is 2.44 bits per heavy atom. The summed E-state index contributed by atoms with van der Waals surface area (Å²) < 4.78 is 33.6. The number of aromatic nitrogens is 3. The Bertz CT molecular complexity index is 1290. The predicted molar refractivity (Wildman–Crippen MR) is 125 cm³/mol. The van der Waals surface area contributed by atoms with E-state index >= 15 is 0 Å². The number of nitrogen functional groups attached to an aromatic ring is 1. The molecule has 2 N–H and O–H groups in total. The smallest absolute Gasteiger partial charge is 0.269 e. The monoisotopic (exact) mass is 467 g/mol. The average molecular weight is 468 g/mol. The Kier molecular flexibility index (Phi) is 6.06. The summed E-state index contributed by atoms with van der Waals surface area (Å²) in [5, 5.41) is 0.284. The third-order valence-corrected chi connectivity index (χ3v) is 6.91. The minimum atomic E-state index is -3.92. The molecular formula is C22H21N5O3S2. The zero-order valence-corrected chi connectivity index (χ0v) is 19.0. The predicted octanol–water partition coefficient (Wildman–Crippen LogP) is 4.22. The second kappa shape index (κ2) is 8.93. The molecular weight excluding hydrogens is 446 g/mol. The molecule has 3 aromatic heterocycles. The molecule has 32 heavy (non-hydrogen) atoms. The van der Waals surface area contributed by atoms with Gasteiger partial charge in [0.05, 0.1) is 22.9 Å². The lowest BCUT2D eigenvalue weighted by Crippen LogP contribution is -2.21. The van der Waals surface area contributed by atoms with Crippen molar-refractivity contribution in [3.63, 3.8) is 0 Å². The molecule has 0 fully saturated rings. The number of nitrogens with zero attached hydrogens (tertiary/aromatic N) is 4. The molecule has 0 spiro atoms. The van der Waals surface area contributed by atoms with Crippen LogP contribution < -0.4 is 10.5 Å². The molecule has 0 bridgehead atoms. The van der Waals surface area contributed by atoms with Gasteiger partial charge in [0.15, 0.2) is 5.13 Å². The van der Waals surface area contributed by atoms with Crippen molar-refractivity contribution in [1.82, 2.24) is 19.3 Å². The van der Waals surface area contributed by atoms with Gasteiger partial charge in [0.25, 0.3) is 10.0 Å². The Hall–Kier alpha value is -3.50. The highest BCUT2D eigenvalue weighted by atomic mass is 32.2. The molecule has 3 aromatic rings. The van der Waals surface area contributed by atoms with Crippen molar-refractivity contribution in [1.29, 1.82) is 0 Å². The van der Waals surface area contributed by atoms with Crippen LogP contribution in [0.4, 0.5) is 5.13 Å². The number of ether oxygens (including phenoxy) is 1. The van der Waals surface area contributed by atoms with Gasteiger partial charge in [0, 0.05) is 18.6 Å². The second-order valence-corrected chi connectivity index (χ2v) is 9.87. The van der Waals surface area contributed by atoms with Crippen molar-refractivity contribution in [3.05, 3.63) is 73.4 Å². The molecule has 1 aliphatic rings. The molecule has 4 rings (SSSR count). The Labute approximate surface area is 190 Å². The zero-order valence-electron chi connectivity index (χ0n) is 17.4. The first-order chi connectivity index (χ1) is 15.4. The molecule has 0 amide bonds. The second-order valence-electron chi connectivity index (χ2n) is 7.03. The van der Waals surface area contributed by atoms with Crippen LogP contribution in [-0.4, -0.2) is 33.8 Å². The Balaban J connectivity index is 1.80. The van der Waals surface area contributed by atoms with Crippen molar-refractivity contribution in [2.75, 3.05) is 5.73 Å². The maximum absolute atomic E-state index is 13.4. The standard InChI is InChI=1S/C22H21N5O3S2/c1-15(2)30-16-9-10-17(25-14-16)19-21(31-22(23)26-19)20-18(8-7-11-24-20)32(28,29)27-12-5-3-4-6-13-27/h3-15H,1-2H3,(H2,23,26). The number of rotatable bonds is 6. The van der Waals surface area contributed by atoms with Crippen LogP contribution in [0.3, 0.4) is 0 Å². The molecule has 0 saturated heterocycles. The summed E-state index contributed by atoms with van der Waals surface area (Å²) in [4.78, 5) is 13.8. The van der Waals surface area contributed by atoms with Gasteiger partial charge >= 0.3 is 0 Å². The summed E-state index contributed by atoms with van der Waals surface area (Å²) in [5.41, 5.74) is 7.27. The van der Waals surface area contributed by atoms with Crippen molar-refractivity contribution < 1.29 is 13.2 Å². The van der Waals surface area contributed by atoms with Crippen LogP contribution in [-0.2, 0) is 10.0 Å². The fourth-order valence-corrected chi connectivity index (χ4v) is 5.28. The molecule has 0 aromatic carbocycles. The van der Waals surface area contributed by atoms with E-state index in [-0.39, 0.29) is 21.8 Å². The van der Waals surface area contributed by atoms with Crippen molar-refractivity contribution in [2.45, 2.75) is 24.8 Å².